The molecule has 0 bridgehead atoms. The highest BCUT2D eigenvalue weighted by atomic mass is 79.9. The number of rotatable bonds is 0. The SMILES string of the molecule is CC1=CC(C)(Br)C=C(Br)C1=O. The van der Waals surface area contributed by atoms with Crippen LogP contribution in [0.1, 0.15) is 13.8 Å². The Hall–Kier alpha value is 0.110. The van der Waals surface area contributed by atoms with Crippen molar-refractivity contribution in [3.63, 3.8) is 0 Å². The summed E-state index contributed by atoms with van der Waals surface area (Å²) in [4.78, 5) is 11.2. The van der Waals surface area contributed by atoms with Crippen molar-refractivity contribution >= 4 is 37.6 Å². The summed E-state index contributed by atoms with van der Waals surface area (Å²) in [6.07, 6.45) is 3.75. The fraction of sp³-hybridized carbons (Fsp3) is 0.375. The lowest BCUT2D eigenvalue weighted by molar-refractivity contribution is -0.111. The first kappa shape index (κ1) is 9.20. The number of hydrogen-bond acceptors (Lipinski definition) is 1. The van der Waals surface area contributed by atoms with Crippen LogP contribution in [0.2, 0.25) is 0 Å². The van der Waals surface area contributed by atoms with E-state index in [-0.39, 0.29) is 10.1 Å². The number of carbonyl (C=O) groups excluding carboxylic acids is 1. The number of carbonyl (C=O) groups is 1. The largest absolute Gasteiger partial charge is 0.288 e. The number of halogens is 2. The Morgan fingerprint density at radius 2 is 2.00 bits per heavy atom. The zero-order chi connectivity index (χ0) is 8.65. The van der Waals surface area contributed by atoms with Crippen LogP contribution in [0.15, 0.2) is 22.2 Å². The van der Waals surface area contributed by atoms with Gasteiger partial charge in [-0.1, -0.05) is 22.0 Å². The van der Waals surface area contributed by atoms with Crippen molar-refractivity contribution < 1.29 is 4.79 Å². The van der Waals surface area contributed by atoms with Gasteiger partial charge >= 0.3 is 0 Å². The molecule has 0 radical (unpaired) electrons. The third-order valence-electron chi connectivity index (χ3n) is 1.48. The molecular formula is C8H8Br2O. The molecule has 0 heterocycles. The van der Waals surface area contributed by atoms with Gasteiger partial charge in [-0.15, -0.1) is 0 Å². The van der Waals surface area contributed by atoms with Gasteiger partial charge < -0.3 is 0 Å². The van der Waals surface area contributed by atoms with Crippen LogP contribution in [0.3, 0.4) is 0 Å². The van der Waals surface area contributed by atoms with E-state index in [0.29, 0.717) is 4.48 Å². The molecule has 0 fully saturated rings. The molecule has 0 N–H and O–H groups in total. The zero-order valence-corrected chi connectivity index (χ0v) is 9.49. The van der Waals surface area contributed by atoms with E-state index in [4.69, 9.17) is 0 Å². The van der Waals surface area contributed by atoms with Crippen LogP contribution in [0.4, 0.5) is 0 Å². The second-order valence-corrected chi connectivity index (χ2v) is 5.36. The number of hydrogen-bond donors (Lipinski definition) is 0. The molecule has 1 aliphatic rings. The predicted molar refractivity (Wildman–Crippen MR) is 53.1 cm³/mol. The molecule has 0 saturated carbocycles. The lowest BCUT2D eigenvalue weighted by Gasteiger charge is -2.19. The summed E-state index contributed by atoms with van der Waals surface area (Å²) in [6.45, 7) is 3.81. The first-order valence-electron chi connectivity index (χ1n) is 3.24. The normalized spacial score (nSPS) is 31.5. The van der Waals surface area contributed by atoms with E-state index in [1.807, 2.05) is 26.0 Å². The molecule has 3 heteroatoms. The van der Waals surface area contributed by atoms with Gasteiger partial charge in [-0.2, -0.15) is 0 Å². The maximum atomic E-state index is 11.2. The second kappa shape index (κ2) is 2.87. The molecule has 0 spiro atoms. The average Bonchev–Trinajstić information content (AvgIpc) is 1.81. The minimum atomic E-state index is -0.177. The highest BCUT2D eigenvalue weighted by molar-refractivity contribution is 9.12. The molecule has 60 valence electrons. The summed E-state index contributed by atoms with van der Waals surface area (Å²) in [5.41, 5.74) is 0.777. The maximum absolute atomic E-state index is 11.2. The summed E-state index contributed by atoms with van der Waals surface area (Å²) >= 11 is 6.68. The van der Waals surface area contributed by atoms with Gasteiger partial charge in [0, 0.05) is 0 Å². The van der Waals surface area contributed by atoms with Gasteiger partial charge in [0.2, 0.25) is 0 Å². The number of alkyl halides is 1. The van der Waals surface area contributed by atoms with Gasteiger partial charge in [0.05, 0.1) is 8.81 Å². The second-order valence-electron chi connectivity index (χ2n) is 2.80. The van der Waals surface area contributed by atoms with Crippen LogP contribution in [-0.4, -0.2) is 10.1 Å². The fourth-order valence-corrected chi connectivity index (χ4v) is 2.70. The quantitative estimate of drug-likeness (QED) is 0.623. The van der Waals surface area contributed by atoms with Gasteiger partial charge in [0.25, 0.3) is 0 Å². The molecule has 1 nitrogen and oxygen atoms in total. The highest BCUT2D eigenvalue weighted by Gasteiger charge is 2.24. The molecule has 1 unspecified atom stereocenters. The highest BCUT2D eigenvalue weighted by Crippen LogP contribution is 2.31. The molecule has 0 saturated heterocycles. The molecule has 1 atom stereocenters. The molecular weight excluding hydrogens is 272 g/mol. The van der Waals surface area contributed by atoms with Crippen molar-refractivity contribution in [3.05, 3.63) is 22.2 Å². The lowest BCUT2D eigenvalue weighted by atomic mass is 9.99. The van der Waals surface area contributed by atoms with E-state index >= 15 is 0 Å². The summed E-state index contributed by atoms with van der Waals surface area (Å²) in [7, 11) is 0. The number of ketones is 1. The monoisotopic (exact) mass is 278 g/mol. The summed E-state index contributed by atoms with van der Waals surface area (Å²) < 4.78 is 0.459. The Morgan fingerprint density at radius 3 is 2.45 bits per heavy atom. The van der Waals surface area contributed by atoms with E-state index < -0.39 is 0 Å². The van der Waals surface area contributed by atoms with Gasteiger partial charge in [-0.25, -0.2) is 0 Å². The van der Waals surface area contributed by atoms with Crippen LogP contribution >= 0.6 is 31.9 Å². The first-order valence-corrected chi connectivity index (χ1v) is 4.82. The number of allylic oxidation sites excluding steroid dienone is 4. The Balaban J connectivity index is 3.08. The third kappa shape index (κ3) is 2.03. The standard InChI is InChI=1S/C8H8Br2O/c1-5-3-8(2,10)4-6(9)7(5)11/h3-4H,1-2H3. The van der Waals surface area contributed by atoms with Gasteiger partial charge in [-0.05, 0) is 41.4 Å². The van der Waals surface area contributed by atoms with Crippen LogP contribution < -0.4 is 0 Å². The van der Waals surface area contributed by atoms with Crippen molar-refractivity contribution in [2.45, 2.75) is 18.2 Å². The molecule has 0 aliphatic heterocycles. The van der Waals surface area contributed by atoms with Crippen LogP contribution in [0, 0.1) is 0 Å². The van der Waals surface area contributed by atoms with E-state index in [1.54, 1.807) is 0 Å². The van der Waals surface area contributed by atoms with E-state index in [9.17, 15) is 4.79 Å². The minimum absolute atomic E-state index is 0.0712. The zero-order valence-electron chi connectivity index (χ0n) is 6.32. The van der Waals surface area contributed by atoms with E-state index in [1.165, 1.54) is 0 Å². The predicted octanol–water partition coefficient (Wildman–Crippen LogP) is 2.95. The van der Waals surface area contributed by atoms with Crippen molar-refractivity contribution in [2.24, 2.45) is 0 Å². The Kier molecular flexibility index (Phi) is 2.40. The van der Waals surface area contributed by atoms with E-state index in [0.717, 1.165) is 5.57 Å². The third-order valence-corrected chi connectivity index (χ3v) is 2.53. The molecule has 0 aromatic heterocycles. The molecule has 11 heavy (non-hydrogen) atoms. The van der Waals surface area contributed by atoms with Gasteiger partial charge in [0.1, 0.15) is 0 Å². The van der Waals surface area contributed by atoms with Crippen molar-refractivity contribution in [1.82, 2.24) is 0 Å². The smallest absolute Gasteiger partial charge is 0.195 e. The van der Waals surface area contributed by atoms with Crippen molar-refractivity contribution in [3.8, 4) is 0 Å². The minimum Gasteiger partial charge on any atom is -0.288 e. The van der Waals surface area contributed by atoms with Crippen LogP contribution in [0.5, 0.6) is 0 Å². The summed E-state index contributed by atoms with van der Waals surface area (Å²) in [5.74, 6) is 0.0712. The topological polar surface area (TPSA) is 17.1 Å². The maximum Gasteiger partial charge on any atom is 0.195 e. The van der Waals surface area contributed by atoms with Gasteiger partial charge in [0.15, 0.2) is 5.78 Å². The Labute approximate surface area is 82.8 Å². The molecule has 1 aliphatic carbocycles. The molecule has 0 aromatic carbocycles. The Morgan fingerprint density at radius 1 is 1.45 bits per heavy atom. The van der Waals surface area contributed by atoms with Crippen molar-refractivity contribution in [2.75, 3.05) is 0 Å². The fourth-order valence-electron chi connectivity index (χ4n) is 1.03. The average molecular weight is 280 g/mol. The molecule has 0 amide bonds. The lowest BCUT2D eigenvalue weighted by Crippen LogP contribution is -2.17. The van der Waals surface area contributed by atoms with Crippen molar-refractivity contribution in [1.29, 1.82) is 0 Å². The summed E-state index contributed by atoms with van der Waals surface area (Å²) in [6, 6.07) is 0. The molecule has 0 aromatic rings. The number of Topliss-reactive ketones (excluding diaryl/α,β-unsaturated/α-hetero) is 1. The van der Waals surface area contributed by atoms with E-state index in [2.05, 4.69) is 31.9 Å². The Bertz CT molecular complexity index is 237. The van der Waals surface area contributed by atoms with Crippen LogP contribution in [0.25, 0.3) is 0 Å². The molecule has 1 rings (SSSR count). The first-order chi connectivity index (χ1) is 4.92. The van der Waals surface area contributed by atoms with Crippen LogP contribution in [-0.2, 0) is 4.79 Å². The summed E-state index contributed by atoms with van der Waals surface area (Å²) in [5, 5.41) is 0. The van der Waals surface area contributed by atoms with Gasteiger partial charge in [-0.3, -0.25) is 4.79 Å².